The Morgan fingerprint density at radius 3 is 3.00 bits per heavy atom. The van der Waals surface area contributed by atoms with Crippen molar-refractivity contribution >= 4 is 30.6 Å². The van der Waals surface area contributed by atoms with Gasteiger partial charge in [-0.3, -0.25) is 4.57 Å². The fourth-order valence-electron chi connectivity index (χ4n) is 2.56. The summed E-state index contributed by atoms with van der Waals surface area (Å²) in [6.45, 7) is 3.27. The van der Waals surface area contributed by atoms with Gasteiger partial charge in [-0.05, 0) is 4.57 Å². The molecule has 2 aromatic rings. The lowest BCUT2D eigenvalue weighted by atomic mass is 10.1. The minimum atomic E-state index is -2.36. The highest BCUT2D eigenvalue weighted by molar-refractivity contribution is 8.39. The summed E-state index contributed by atoms with van der Waals surface area (Å²) in [5.41, 5.74) is 0.611. The third-order valence-electron chi connectivity index (χ3n) is 3.60. The zero-order valence-corrected chi connectivity index (χ0v) is 14.6. The van der Waals surface area contributed by atoms with Gasteiger partial charge in [-0.2, -0.15) is 4.98 Å². The van der Waals surface area contributed by atoms with E-state index in [2.05, 4.69) is 33.8 Å². The van der Waals surface area contributed by atoms with Gasteiger partial charge in [0.25, 0.3) is 0 Å². The van der Waals surface area contributed by atoms with E-state index in [1.165, 1.54) is 17.2 Å². The number of hydrogen-bond donors (Lipinski definition) is 2. The number of imidazole rings is 1. The molecule has 2 aromatic heterocycles. The minimum absolute atomic E-state index is 0.224. The van der Waals surface area contributed by atoms with Crippen LogP contribution in [-0.4, -0.2) is 56.2 Å². The van der Waals surface area contributed by atoms with Gasteiger partial charge in [0, 0.05) is 0 Å². The van der Waals surface area contributed by atoms with E-state index >= 15 is 0 Å². The Hall–Kier alpha value is -1.65. The average molecular weight is 389 g/mol. The summed E-state index contributed by atoms with van der Waals surface area (Å²) in [5.74, 6) is 0.224. The van der Waals surface area contributed by atoms with Crippen molar-refractivity contribution in [3.05, 3.63) is 25.3 Å². The lowest BCUT2D eigenvalue weighted by molar-refractivity contribution is -0.0427. The van der Waals surface area contributed by atoms with E-state index in [4.69, 9.17) is 14.0 Å². The van der Waals surface area contributed by atoms with E-state index < -0.39 is 38.4 Å². The molecular weight excluding hydrogens is 374 g/mol. The Kier molecular flexibility index (Phi) is 5.60. The zero-order valence-electron chi connectivity index (χ0n) is 12.8. The van der Waals surface area contributed by atoms with E-state index in [0.29, 0.717) is 5.52 Å². The van der Waals surface area contributed by atoms with E-state index in [1.807, 2.05) is 0 Å². The number of halogens is 1. The second kappa shape index (κ2) is 7.71. The number of hydrogen-bond acceptors (Lipinski definition) is 8. The van der Waals surface area contributed by atoms with Crippen LogP contribution in [0.15, 0.2) is 25.3 Å². The predicted octanol–water partition coefficient (Wildman–Crippen LogP) is 1.59. The van der Waals surface area contributed by atoms with Crippen molar-refractivity contribution in [2.24, 2.45) is 0 Å². The molecule has 25 heavy (non-hydrogen) atoms. The maximum absolute atomic E-state index is 14.8. The first-order valence-electron chi connectivity index (χ1n) is 7.21. The van der Waals surface area contributed by atoms with Crippen LogP contribution < -0.4 is 4.74 Å². The van der Waals surface area contributed by atoms with Gasteiger partial charge in [0.1, 0.15) is 31.3 Å². The van der Waals surface area contributed by atoms with Crippen molar-refractivity contribution in [3.63, 3.8) is 0 Å². The third-order valence-corrected chi connectivity index (χ3v) is 4.30. The van der Waals surface area contributed by atoms with Gasteiger partial charge in [-0.25, -0.2) is 14.4 Å². The highest BCUT2D eigenvalue weighted by Gasteiger charge is 2.51. The molecule has 1 N–H and O–H groups in total. The van der Waals surface area contributed by atoms with Crippen LogP contribution in [0.2, 0.25) is 0 Å². The van der Waals surface area contributed by atoms with Crippen molar-refractivity contribution in [1.82, 2.24) is 19.5 Å². The van der Waals surface area contributed by atoms with Gasteiger partial charge in [-0.1, -0.05) is 12.7 Å². The molecule has 134 valence electrons. The highest BCUT2D eigenvalue weighted by Crippen LogP contribution is 2.41. The first-order chi connectivity index (χ1) is 12.1. The highest BCUT2D eigenvalue weighted by atomic mass is 32.7. The molecular formula is C13H15FN4O5PS+. The molecule has 0 amide bonds. The van der Waals surface area contributed by atoms with Crippen molar-refractivity contribution in [1.29, 1.82) is 0 Å². The molecule has 5 atom stereocenters. The average Bonchev–Trinajstić information content (AvgIpc) is 3.15. The number of aliphatic hydroxyl groups excluding tert-OH is 1. The standard InChI is InChI=1S/C13H14FN4O5PS/c1-2-3-21-12-9-11(15-5-16-12)18(6-17-9)13-8(14)10(23-24(20)25)7(4-19)22-13/h2,5-8,10,13,19H,1,3-4H2/p+1/t7-,8-,10?,13-/m1/s1. The summed E-state index contributed by atoms with van der Waals surface area (Å²) < 4.78 is 43.2. The molecule has 12 heteroatoms. The number of aromatic nitrogens is 4. The first kappa shape index (κ1) is 18.2. The van der Waals surface area contributed by atoms with Gasteiger partial charge in [0.15, 0.2) is 29.7 Å². The first-order valence-corrected chi connectivity index (χ1v) is 9.54. The Balaban J connectivity index is 1.94. The summed E-state index contributed by atoms with van der Waals surface area (Å²) in [6.07, 6.45) is -0.979. The number of ether oxygens (including phenoxy) is 2. The van der Waals surface area contributed by atoms with E-state index in [0.717, 1.165) is 0 Å². The predicted molar refractivity (Wildman–Crippen MR) is 88.4 cm³/mol. The number of fused-ring (bicyclic) bond motifs is 1. The molecule has 3 heterocycles. The Morgan fingerprint density at radius 2 is 2.32 bits per heavy atom. The second-order valence-electron chi connectivity index (χ2n) is 5.10. The zero-order chi connectivity index (χ0) is 18.0. The Morgan fingerprint density at radius 1 is 1.52 bits per heavy atom. The largest absolute Gasteiger partial charge is 0.582 e. The summed E-state index contributed by atoms with van der Waals surface area (Å²) in [7, 11) is -2.36. The van der Waals surface area contributed by atoms with Crippen molar-refractivity contribution < 1.29 is 28.1 Å². The van der Waals surface area contributed by atoms with Crippen LogP contribution in [0.1, 0.15) is 6.23 Å². The van der Waals surface area contributed by atoms with Crippen LogP contribution in [0.5, 0.6) is 5.88 Å². The SMILES string of the molecule is C=CCOc1ncnc2c1ncn2[C@@H]1O[C@H](CO)C(O[P+](=O)S)[C@H]1F. The molecule has 3 rings (SSSR count). The summed E-state index contributed by atoms with van der Waals surface area (Å²) >= 11 is 3.62. The number of thiol groups is 1. The molecule has 1 aliphatic rings. The van der Waals surface area contributed by atoms with Crippen LogP contribution in [0.3, 0.4) is 0 Å². The van der Waals surface area contributed by atoms with Gasteiger partial charge in [-0.15, -0.1) is 4.52 Å². The maximum atomic E-state index is 14.8. The molecule has 0 spiro atoms. The van der Waals surface area contributed by atoms with Crippen LogP contribution in [0.4, 0.5) is 4.39 Å². The number of aliphatic hydroxyl groups is 1. The van der Waals surface area contributed by atoms with Crippen molar-refractivity contribution in [2.75, 3.05) is 13.2 Å². The molecule has 0 aromatic carbocycles. The van der Waals surface area contributed by atoms with Gasteiger partial charge in [0.2, 0.25) is 5.88 Å². The van der Waals surface area contributed by atoms with Crippen LogP contribution in [0.25, 0.3) is 11.2 Å². The fraction of sp³-hybridized carbons (Fsp3) is 0.462. The molecule has 0 bridgehead atoms. The molecule has 0 saturated carbocycles. The van der Waals surface area contributed by atoms with Gasteiger partial charge >= 0.3 is 7.23 Å². The summed E-state index contributed by atoms with van der Waals surface area (Å²) in [4.78, 5) is 12.2. The van der Waals surface area contributed by atoms with Crippen LogP contribution >= 0.6 is 19.5 Å². The smallest absolute Gasteiger partial charge is 0.472 e. The maximum Gasteiger partial charge on any atom is 0.582 e. The molecule has 2 unspecified atom stereocenters. The number of nitrogens with zero attached hydrogens (tertiary/aromatic N) is 4. The monoisotopic (exact) mass is 389 g/mol. The Labute approximate surface area is 147 Å². The molecule has 1 saturated heterocycles. The van der Waals surface area contributed by atoms with Crippen LogP contribution in [-0.2, 0) is 13.8 Å². The van der Waals surface area contributed by atoms with Gasteiger partial charge in [0.05, 0.1) is 12.9 Å². The molecule has 1 fully saturated rings. The molecule has 0 aliphatic carbocycles. The molecule has 1 aliphatic heterocycles. The van der Waals surface area contributed by atoms with Crippen LogP contribution in [0, 0.1) is 0 Å². The molecule has 9 nitrogen and oxygen atoms in total. The van der Waals surface area contributed by atoms with E-state index in [9.17, 15) is 14.1 Å². The van der Waals surface area contributed by atoms with E-state index in [1.54, 1.807) is 6.08 Å². The third kappa shape index (κ3) is 3.51. The number of alkyl halides is 1. The lowest BCUT2D eigenvalue weighted by Gasteiger charge is -2.14. The lowest BCUT2D eigenvalue weighted by Crippen LogP contribution is -2.31. The topological polar surface area (TPSA) is 109 Å². The molecule has 0 radical (unpaired) electrons. The summed E-state index contributed by atoms with van der Waals surface area (Å²) in [6, 6.07) is 0. The number of rotatable bonds is 7. The normalized spacial score (nSPS) is 26.8. The van der Waals surface area contributed by atoms with Crippen molar-refractivity contribution in [3.8, 4) is 5.88 Å². The van der Waals surface area contributed by atoms with Gasteiger partial charge < -0.3 is 14.6 Å². The Bertz CT molecular complexity index is 793. The quantitative estimate of drug-likeness (QED) is 0.418. The van der Waals surface area contributed by atoms with E-state index in [-0.39, 0.29) is 18.1 Å². The minimum Gasteiger partial charge on any atom is -0.472 e. The fourth-order valence-corrected chi connectivity index (χ4v) is 3.34. The second-order valence-corrected chi connectivity index (χ2v) is 6.77. The van der Waals surface area contributed by atoms with Crippen molar-refractivity contribution in [2.45, 2.75) is 24.6 Å². The summed E-state index contributed by atoms with van der Waals surface area (Å²) in [5, 5.41) is 9.37.